The number of nitrogens with one attached hydrogen (secondary N) is 1. The summed E-state index contributed by atoms with van der Waals surface area (Å²) in [4.78, 5) is 12.0. The molecule has 1 amide bonds. The van der Waals surface area contributed by atoms with Crippen molar-refractivity contribution < 1.29 is 9.53 Å². The molecule has 28 heavy (non-hydrogen) atoms. The topological polar surface area (TPSA) is 50.7 Å². The van der Waals surface area contributed by atoms with Gasteiger partial charge < -0.3 is 4.74 Å². The van der Waals surface area contributed by atoms with E-state index in [9.17, 15) is 4.79 Å². The zero-order valence-corrected chi connectivity index (χ0v) is 16.4. The predicted molar refractivity (Wildman–Crippen MR) is 114 cm³/mol. The van der Waals surface area contributed by atoms with Gasteiger partial charge in [0.15, 0.2) is 6.61 Å². The average Bonchev–Trinajstić information content (AvgIpc) is 2.73. The van der Waals surface area contributed by atoms with Crippen molar-refractivity contribution in [1.82, 2.24) is 5.43 Å². The van der Waals surface area contributed by atoms with Crippen LogP contribution in [-0.4, -0.2) is 18.2 Å². The molecular weight excluding hydrogens is 348 g/mol. The van der Waals surface area contributed by atoms with E-state index in [0.717, 1.165) is 22.4 Å². The summed E-state index contributed by atoms with van der Waals surface area (Å²) in [6.07, 6.45) is 0. The van der Waals surface area contributed by atoms with Crippen molar-refractivity contribution in [2.75, 3.05) is 6.61 Å². The molecule has 4 heteroatoms. The van der Waals surface area contributed by atoms with Crippen molar-refractivity contribution in [2.45, 2.75) is 20.8 Å². The van der Waals surface area contributed by atoms with Crippen LogP contribution < -0.4 is 10.2 Å². The Morgan fingerprint density at radius 2 is 1.57 bits per heavy atom. The van der Waals surface area contributed by atoms with Gasteiger partial charge in [0, 0.05) is 0 Å². The monoisotopic (exact) mass is 372 g/mol. The maximum Gasteiger partial charge on any atom is 0.277 e. The zero-order valence-electron chi connectivity index (χ0n) is 16.4. The first-order valence-electron chi connectivity index (χ1n) is 9.22. The number of amides is 1. The lowest BCUT2D eigenvalue weighted by molar-refractivity contribution is -0.123. The molecule has 0 unspecified atom stereocenters. The lowest BCUT2D eigenvalue weighted by atomic mass is 10.0. The molecule has 3 aromatic rings. The second-order valence-electron chi connectivity index (χ2n) is 6.71. The van der Waals surface area contributed by atoms with E-state index < -0.39 is 0 Å². The fourth-order valence-electron chi connectivity index (χ4n) is 2.73. The van der Waals surface area contributed by atoms with E-state index in [1.54, 1.807) is 0 Å². The minimum absolute atomic E-state index is 0.0772. The van der Waals surface area contributed by atoms with Gasteiger partial charge in [-0.1, -0.05) is 60.7 Å². The number of hydrogen-bond donors (Lipinski definition) is 1. The number of carbonyl (C=O) groups excluding carboxylic acids is 1. The molecule has 142 valence electrons. The minimum Gasteiger partial charge on any atom is -0.484 e. The molecule has 4 nitrogen and oxygen atoms in total. The Hall–Kier alpha value is -3.40. The first kappa shape index (κ1) is 19.4. The molecule has 0 bridgehead atoms. The smallest absolute Gasteiger partial charge is 0.277 e. The van der Waals surface area contributed by atoms with E-state index in [1.807, 2.05) is 81.4 Å². The summed E-state index contributed by atoms with van der Waals surface area (Å²) in [7, 11) is 0. The third-order valence-electron chi connectivity index (χ3n) is 4.61. The van der Waals surface area contributed by atoms with E-state index in [0.29, 0.717) is 5.75 Å². The Labute approximate surface area is 165 Å². The van der Waals surface area contributed by atoms with Crippen LogP contribution in [0.1, 0.15) is 23.6 Å². The highest BCUT2D eigenvalue weighted by molar-refractivity contribution is 5.99. The third kappa shape index (κ3) is 5.07. The molecule has 0 aromatic heterocycles. The van der Waals surface area contributed by atoms with Gasteiger partial charge in [0.2, 0.25) is 0 Å². The Morgan fingerprint density at radius 3 is 2.25 bits per heavy atom. The molecule has 0 radical (unpaired) electrons. The fourth-order valence-corrected chi connectivity index (χ4v) is 2.73. The summed E-state index contributed by atoms with van der Waals surface area (Å²) >= 11 is 0. The van der Waals surface area contributed by atoms with Crippen LogP contribution in [0.2, 0.25) is 0 Å². The maximum atomic E-state index is 12.0. The standard InChI is InChI=1S/C24H24N2O2/c1-17-9-14-23(15-18(17)2)28-16-24(27)26-25-19(3)20-10-12-22(13-11-20)21-7-5-4-6-8-21/h4-15H,16H2,1-3H3,(H,26,27)/b25-19-. The van der Waals surface area contributed by atoms with Gasteiger partial charge in [-0.15, -0.1) is 0 Å². The van der Waals surface area contributed by atoms with Gasteiger partial charge in [-0.05, 0) is 60.7 Å². The highest BCUT2D eigenvalue weighted by atomic mass is 16.5. The van der Waals surface area contributed by atoms with Gasteiger partial charge in [0.05, 0.1) is 5.71 Å². The number of benzene rings is 3. The zero-order chi connectivity index (χ0) is 19.9. The summed E-state index contributed by atoms with van der Waals surface area (Å²) in [5.41, 5.74) is 8.87. The molecule has 0 aliphatic carbocycles. The van der Waals surface area contributed by atoms with E-state index in [1.165, 1.54) is 11.1 Å². The Balaban J connectivity index is 1.56. The van der Waals surface area contributed by atoms with Crippen LogP contribution in [0.4, 0.5) is 0 Å². The van der Waals surface area contributed by atoms with Crippen LogP contribution in [0.3, 0.4) is 0 Å². The highest BCUT2D eigenvalue weighted by Gasteiger charge is 2.05. The lowest BCUT2D eigenvalue weighted by Gasteiger charge is -2.08. The summed E-state index contributed by atoms with van der Waals surface area (Å²) in [6.45, 7) is 5.84. The number of aryl methyl sites for hydroxylation is 2. The molecule has 0 aliphatic rings. The molecule has 0 fully saturated rings. The minimum atomic E-state index is -0.293. The van der Waals surface area contributed by atoms with Gasteiger partial charge >= 0.3 is 0 Å². The third-order valence-corrected chi connectivity index (χ3v) is 4.61. The number of ether oxygens (including phenoxy) is 1. The van der Waals surface area contributed by atoms with E-state index >= 15 is 0 Å². The molecule has 3 rings (SSSR count). The number of hydrogen-bond acceptors (Lipinski definition) is 3. The SMILES string of the molecule is C/C(=N/NC(=O)COc1ccc(C)c(C)c1)c1ccc(-c2ccccc2)cc1. The Bertz CT molecular complexity index is 977. The first-order valence-corrected chi connectivity index (χ1v) is 9.22. The van der Waals surface area contributed by atoms with Gasteiger partial charge in [0.25, 0.3) is 5.91 Å². The van der Waals surface area contributed by atoms with Crippen molar-refractivity contribution in [3.05, 3.63) is 89.5 Å². The second-order valence-corrected chi connectivity index (χ2v) is 6.71. The fraction of sp³-hybridized carbons (Fsp3) is 0.167. The molecule has 0 atom stereocenters. The van der Waals surface area contributed by atoms with Gasteiger partial charge in [-0.25, -0.2) is 5.43 Å². The Morgan fingerprint density at radius 1 is 0.893 bits per heavy atom. The number of hydrazone groups is 1. The van der Waals surface area contributed by atoms with Crippen molar-refractivity contribution in [1.29, 1.82) is 0 Å². The van der Waals surface area contributed by atoms with Crippen LogP contribution in [0.15, 0.2) is 77.9 Å². The van der Waals surface area contributed by atoms with Gasteiger partial charge in [-0.3, -0.25) is 4.79 Å². The van der Waals surface area contributed by atoms with Crippen LogP contribution in [0.25, 0.3) is 11.1 Å². The van der Waals surface area contributed by atoms with Crippen molar-refractivity contribution in [3.8, 4) is 16.9 Å². The lowest BCUT2D eigenvalue weighted by Crippen LogP contribution is -2.25. The normalized spacial score (nSPS) is 11.2. The van der Waals surface area contributed by atoms with Crippen LogP contribution in [0.5, 0.6) is 5.75 Å². The molecule has 0 saturated carbocycles. The quantitative estimate of drug-likeness (QED) is 0.495. The number of carbonyl (C=O) groups is 1. The first-order chi connectivity index (χ1) is 13.5. The largest absolute Gasteiger partial charge is 0.484 e. The predicted octanol–water partition coefficient (Wildman–Crippen LogP) is 4.89. The summed E-state index contributed by atoms with van der Waals surface area (Å²) in [5.74, 6) is 0.383. The van der Waals surface area contributed by atoms with E-state index in [2.05, 4.69) is 22.7 Å². The second kappa shape index (κ2) is 9.00. The number of rotatable bonds is 6. The molecule has 3 aromatic carbocycles. The van der Waals surface area contributed by atoms with E-state index in [-0.39, 0.29) is 12.5 Å². The van der Waals surface area contributed by atoms with Crippen LogP contribution in [-0.2, 0) is 4.79 Å². The Kier molecular flexibility index (Phi) is 6.22. The molecule has 0 saturated heterocycles. The maximum absolute atomic E-state index is 12.0. The van der Waals surface area contributed by atoms with Crippen LogP contribution in [0, 0.1) is 13.8 Å². The van der Waals surface area contributed by atoms with Crippen molar-refractivity contribution in [3.63, 3.8) is 0 Å². The molecule has 0 heterocycles. The molecular formula is C24H24N2O2. The van der Waals surface area contributed by atoms with Crippen LogP contribution >= 0.6 is 0 Å². The molecule has 0 aliphatic heterocycles. The summed E-state index contributed by atoms with van der Waals surface area (Å²) in [5, 5.41) is 4.18. The summed E-state index contributed by atoms with van der Waals surface area (Å²) in [6, 6.07) is 24.0. The average molecular weight is 372 g/mol. The van der Waals surface area contributed by atoms with Gasteiger partial charge in [-0.2, -0.15) is 5.10 Å². The van der Waals surface area contributed by atoms with Gasteiger partial charge in [0.1, 0.15) is 5.75 Å². The van der Waals surface area contributed by atoms with Crippen molar-refractivity contribution >= 4 is 11.6 Å². The number of nitrogens with zero attached hydrogens (tertiary/aromatic N) is 1. The molecule has 1 N–H and O–H groups in total. The molecule has 0 spiro atoms. The van der Waals surface area contributed by atoms with Crippen molar-refractivity contribution in [2.24, 2.45) is 5.10 Å². The van der Waals surface area contributed by atoms with E-state index in [4.69, 9.17) is 4.74 Å². The summed E-state index contributed by atoms with van der Waals surface area (Å²) < 4.78 is 5.53. The highest BCUT2D eigenvalue weighted by Crippen LogP contribution is 2.19.